The van der Waals surface area contributed by atoms with Crippen LogP contribution in [0.5, 0.6) is 0 Å². The average Bonchev–Trinajstić information content (AvgIpc) is 2.70. The van der Waals surface area contributed by atoms with Gasteiger partial charge in [0.05, 0.1) is 11.1 Å². The molecule has 0 spiro atoms. The van der Waals surface area contributed by atoms with Gasteiger partial charge in [0.2, 0.25) is 0 Å². The zero-order valence-corrected chi connectivity index (χ0v) is 15.4. The highest BCUT2D eigenvalue weighted by atomic mass is 16.1. The van der Waals surface area contributed by atoms with E-state index in [0.717, 1.165) is 36.1 Å². The second-order valence-electron chi connectivity index (χ2n) is 6.29. The summed E-state index contributed by atoms with van der Waals surface area (Å²) < 4.78 is 0. The van der Waals surface area contributed by atoms with Crippen molar-refractivity contribution >= 4 is 16.8 Å². The van der Waals surface area contributed by atoms with Crippen LogP contribution in [0.3, 0.4) is 0 Å². The standard InChI is InChI=1S/C22H25N3O/c1-3-25(4-2)16-19-10-6-5-9-18(19)15-24-22(26)20-13-7-11-17-12-8-14-23-21(17)20/h5-14H,3-4,15-16H2,1-2H3,(H,24,26). The summed E-state index contributed by atoms with van der Waals surface area (Å²) in [7, 11) is 0. The molecule has 0 unspecified atom stereocenters. The van der Waals surface area contributed by atoms with Gasteiger partial charge in [-0.3, -0.25) is 14.7 Å². The van der Waals surface area contributed by atoms with Gasteiger partial charge in [0, 0.05) is 24.7 Å². The van der Waals surface area contributed by atoms with Crippen LogP contribution in [0.1, 0.15) is 35.3 Å². The topological polar surface area (TPSA) is 45.2 Å². The van der Waals surface area contributed by atoms with Crippen LogP contribution in [0.25, 0.3) is 10.9 Å². The molecule has 4 nitrogen and oxygen atoms in total. The maximum atomic E-state index is 12.7. The maximum absolute atomic E-state index is 12.7. The Hall–Kier alpha value is -2.72. The van der Waals surface area contributed by atoms with Crippen molar-refractivity contribution in [2.75, 3.05) is 13.1 Å². The summed E-state index contributed by atoms with van der Waals surface area (Å²) in [4.78, 5) is 19.5. The second-order valence-corrected chi connectivity index (χ2v) is 6.29. The number of rotatable bonds is 7. The van der Waals surface area contributed by atoms with Crippen LogP contribution >= 0.6 is 0 Å². The molecule has 3 rings (SSSR count). The molecule has 1 N–H and O–H groups in total. The number of pyridine rings is 1. The van der Waals surface area contributed by atoms with E-state index in [1.807, 2.05) is 36.4 Å². The van der Waals surface area contributed by atoms with E-state index in [4.69, 9.17) is 0 Å². The number of benzene rings is 2. The van der Waals surface area contributed by atoms with Gasteiger partial charge in [0.15, 0.2) is 0 Å². The van der Waals surface area contributed by atoms with Crippen molar-refractivity contribution < 1.29 is 4.79 Å². The molecule has 0 saturated heterocycles. The van der Waals surface area contributed by atoms with Crippen LogP contribution in [-0.2, 0) is 13.1 Å². The third kappa shape index (κ3) is 4.09. The quantitative estimate of drug-likeness (QED) is 0.702. The Labute approximate surface area is 154 Å². The number of hydrogen-bond acceptors (Lipinski definition) is 3. The monoisotopic (exact) mass is 347 g/mol. The predicted octanol–water partition coefficient (Wildman–Crippen LogP) is 4.01. The number of para-hydroxylation sites is 1. The molecule has 4 heteroatoms. The van der Waals surface area contributed by atoms with Gasteiger partial charge in [-0.05, 0) is 36.3 Å². The zero-order valence-electron chi connectivity index (χ0n) is 15.4. The van der Waals surface area contributed by atoms with E-state index in [2.05, 4.69) is 47.2 Å². The van der Waals surface area contributed by atoms with Crippen LogP contribution in [0.2, 0.25) is 0 Å². The number of fused-ring (bicyclic) bond motifs is 1. The molecule has 0 atom stereocenters. The lowest BCUT2D eigenvalue weighted by Gasteiger charge is -2.20. The molecule has 26 heavy (non-hydrogen) atoms. The Balaban J connectivity index is 1.76. The minimum Gasteiger partial charge on any atom is -0.348 e. The van der Waals surface area contributed by atoms with Crippen molar-refractivity contribution in [1.29, 1.82) is 0 Å². The highest BCUT2D eigenvalue weighted by Gasteiger charge is 2.12. The third-order valence-corrected chi connectivity index (χ3v) is 4.72. The van der Waals surface area contributed by atoms with Crippen molar-refractivity contribution in [3.05, 3.63) is 77.5 Å². The molecule has 0 radical (unpaired) electrons. The van der Waals surface area contributed by atoms with E-state index in [0.29, 0.717) is 12.1 Å². The van der Waals surface area contributed by atoms with E-state index in [1.165, 1.54) is 5.56 Å². The number of hydrogen-bond donors (Lipinski definition) is 1. The minimum absolute atomic E-state index is 0.0908. The fourth-order valence-electron chi connectivity index (χ4n) is 3.13. The number of amides is 1. The lowest BCUT2D eigenvalue weighted by Crippen LogP contribution is -2.26. The molecule has 0 bridgehead atoms. The number of nitrogens with one attached hydrogen (secondary N) is 1. The van der Waals surface area contributed by atoms with Crippen LogP contribution in [0, 0.1) is 0 Å². The van der Waals surface area contributed by atoms with Gasteiger partial charge in [-0.1, -0.05) is 56.3 Å². The van der Waals surface area contributed by atoms with Crippen molar-refractivity contribution in [2.24, 2.45) is 0 Å². The summed E-state index contributed by atoms with van der Waals surface area (Å²) in [5, 5.41) is 4.03. The molecule has 0 aliphatic carbocycles. The predicted molar refractivity (Wildman–Crippen MR) is 106 cm³/mol. The van der Waals surface area contributed by atoms with Crippen molar-refractivity contribution in [2.45, 2.75) is 26.9 Å². The van der Waals surface area contributed by atoms with Crippen LogP contribution < -0.4 is 5.32 Å². The first-order valence-corrected chi connectivity index (χ1v) is 9.14. The molecule has 0 saturated carbocycles. The third-order valence-electron chi connectivity index (χ3n) is 4.72. The Morgan fingerprint density at radius 2 is 1.69 bits per heavy atom. The van der Waals surface area contributed by atoms with Gasteiger partial charge in [0.1, 0.15) is 0 Å². The fraction of sp³-hybridized carbons (Fsp3) is 0.273. The molecule has 1 aromatic heterocycles. The SMILES string of the molecule is CCN(CC)Cc1ccccc1CNC(=O)c1cccc2cccnc12. The minimum atomic E-state index is -0.0908. The Morgan fingerprint density at radius 3 is 2.46 bits per heavy atom. The first kappa shape index (κ1) is 18.1. The zero-order chi connectivity index (χ0) is 18.4. The van der Waals surface area contributed by atoms with Gasteiger partial charge in [-0.25, -0.2) is 0 Å². The smallest absolute Gasteiger partial charge is 0.253 e. The summed E-state index contributed by atoms with van der Waals surface area (Å²) in [6.07, 6.45) is 1.72. The Kier molecular flexibility index (Phi) is 5.97. The summed E-state index contributed by atoms with van der Waals surface area (Å²) in [5.74, 6) is -0.0908. The molecular weight excluding hydrogens is 322 g/mol. The maximum Gasteiger partial charge on any atom is 0.253 e. The van der Waals surface area contributed by atoms with Crippen LogP contribution in [0.15, 0.2) is 60.8 Å². The van der Waals surface area contributed by atoms with E-state index < -0.39 is 0 Å². The molecule has 1 heterocycles. The molecule has 0 aliphatic heterocycles. The average molecular weight is 347 g/mol. The van der Waals surface area contributed by atoms with Crippen molar-refractivity contribution in [1.82, 2.24) is 15.2 Å². The van der Waals surface area contributed by atoms with E-state index in [-0.39, 0.29) is 5.91 Å². The van der Waals surface area contributed by atoms with Crippen LogP contribution in [0.4, 0.5) is 0 Å². The van der Waals surface area contributed by atoms with Gasteiger partial charge < -0.3 is 5.32 Å². The highest BCUT2D eigenvalue weighted by Crippen LogP contribution is 2.17. The summed E-state index contributed by atoms with van der Waals surface area (Å²) in [6, 6.07) is 17.8. The normalized spacial score (nSPS) is 11.0. The molecular formula is C22H25N3O. The van der Waals surface area contributed by atoms with Gasteiger partial charge in [-0.15, -0.1) is 0 Å². The Bertz CT molecular complexity index is 882. The largest absolute Gasteiger partial charge is 0.348 e. The van der Waals surface area contributed by atoms with E-state index >= 15 is 0 Å². The molecule has 0 fully saturated rings. The second kappa shape index (κ2) is 8.59. The molecule has 3 aromatic rings. The highest BCUT2D eigenvalue weighted by molar-refractivity contribution is 6.05. The first-order valence-electron chi connectivity index (χ1n) is 9.14. The van der Waals surface area contributed by atoms with E-state index in [1.54, 1.807) is 6.20 Å². The lowest BCUT2D eigenvalue weighted by molar-refractivity contribution is 0.0952. The molecule has 1 amide bonds. The van der Waals surface area contributed by atoms with E-state index in [9.17, 15) is 4.79 Å². The van der Waals surface area contributed by atoms with Crippen molar-refractivity contribution in [3.8, 4) is 0 Å². The molecule has 0 aliphatic rings. The molecule has 134 valence electrons. The number of carbonyl (C=O) groups is 1. The molecule has 2 aromatic carbocycles. The summed E-state index contributed by atoms with van der Waals surface area (Å²) in [5.41, 5.74) is 3.77. The number of carbonyl (C=O) groups excluding carboxylic acids is 1. The van der Waals surface area contributed by atoms with Crippen molar-refractivity contribution in [3.63, 3.8) is 0 Å². The summed E-state index contributed by atoms with van der Waals surface area (Å²) >= 11 is 0. The van der Waals surface area contributed by atoms with Gasteiger partial charge in [-0.2, -0.15) is 0 Å². The number of nitrogens with zero attached hydrogens (tertiary/aromatic N) is 2. The Morgan fingerprint density at radius 1 is 0.962 bits per heavy atom. The van der Waals surface area contributed by atoms with Gasteiger partial charge >= 0.3 is 0 Å². The summed E-state index contributed by atoms with van der Waals surface area (Å²) in [6.45, 7) is 7.77. The van der Waals surface area contributed by atoms with Gasteiger partial charge in [0.25, 0.3) is 5.91 Å². The first-order chi connectivity index (χ1) is 12.7. The lowest BCUT2D eigenvalue weighted by atomic mass is 10.1. The van der Waals surface area contributed by atoms with Crippen LogP contribution in [-0.4, -0.2) is 28.9 Å². The number of aromatic nitrogens is 1. The fourth-order valence-corrected chi connectivity index (χ4v) is 3.13.